The van der Waals surface area contributed by atoms with E-state index in [1.54, 1.807) is 0 Å². The van der Waals surface area contributed by atoms with Gasteiger partial charge in [0.2, 0.25) is 0 Å². The molecule has 1 aliphatic rings. The Morgan fingerprint density at radius 2 is 1.65 bits per heavy atom. The molecular formula is C15H18F3IO. The monoisotopic (exact) mass is 398 g/mol. The Balaban J connectivity index is 1.85. The van der Waals surface area contributed by atoms with E-state index < -0.39 is 18.2 Å². The maximum Gasteiger partial charge on any atom is 0.391 e. The van der Waals surface area contributed by atoms with E-state index in [9.17, 15) is 18.3 Å². The molecule has 0 saturated heterocycles. The summed E-state index contributed by atoms with van der Waals surface area (Å²) in [4.78, 5) is 0. The molecule has 5 heteroatoms. The molecule has 1 unspecified atom stereocenters. The Morgan fingerprint density at radius 1 is 1.10 bits per heavy atom. The van der Waals surface area contributed by atoms with E-state index in [0.29, 0.717) is 19.3 Å². The Bertz CT molecular complexity index is 422. The van der Waals surface area contributed by atoms with Gasteiger partial charge in [0.15, 0.2) is 0 Å². The molecule has 0 bridgehead atoms. The molecule has 0 spiro atoms. The fraction of sp³-hybridized carbons (Fsp3) is 0.600. The van der Waals surface area contributed by atoms with Gasteiger partial charge >= 0.3 is 6.18 Å². The van der Waals surface area contributed by atoms with Crippen molar-refractivity contribution in [3.05, 3.63) is 33.4 Å². The first-order valence-corrected chi connectivity index (χ1v) is 7.93. The van der Waals surface area contributed by atoms with Crippen molar-refractivity contribution >= 4 is 22.6 Å². The van der Waals surface area contributed by atoms with Crippen molar-refractivity contribution in [3.63, 3.8) is 0 Å². The van der Waals surface area contributed by atoms with Crippen LogP contribution in [0.15, 0.2) is 24.3 Å². The first-order valence-electron chi connectivity index (χ1n) is 6.85. The maximum atomic E-state index is 12.6. The summed E-state index contributed by atoms with van der Waals surface area (Å²) in [6, 6.07) is 7.88. The molecule has 2 rings (SSSR count). The predicted molar refractivity (Wildman–Crippen MR) is 80.4 cm³/mol. The second kappa shape index (κ2) is 6.64. The van der Waals surface area contributed by atoms with Gasteiger partial charge < -0.3 is 5.11 Å². The molecule has 20 heavy (non-hydrogen) atoms. The summed E-state index contributed by atoms with van der Waals surface area (Å²) in [6.07, 6.45) is -2.85. The molecular weight excluding hydrogens is 380 g/mol. The molecule has 1 nitrogen and oxygen atoms in total. The lowest BCUT2D eigenvalue weighted by Gasteiger charge is -2.32. The van der Waals surface area contributed by atoms with Crippen LogP contribution in [0.25, 0.3) is 0 Å². The minimum atomic E-state index is -4.08. The molecule has 1 N–H and O–H groups in total. The average molecular weight is 398 g/mol. The quantitative estimate of drug-likeness (QED) is 0.741. The van der Waals surface area contributed by atoms with Gasteiger partial charge in [-0.2, -0.15) is 13.2 Å². The SMILES string of the molecule is OC(Cc1ccc(I)cc1)C1CCC(C(F)(F)F)CC1. The summed E-state index contributed by atoms with van der Waals surface area (Å²) in [5.41, 5.74) is 1.04. The van der Waals surface area contributed by atoms with E-state index in [2.05, 4.69) is 22.6 Å². The second-order valence-corrected chi connectivity index (χ2v) is 6.80. The topological polar surface area (TPSA) is 20.2 Å². The fourth-order valence-electron chi connectivity index (χ4n) is 2.86. The van der Waals surface area contributed by atoms with Crippen molar-refractivity contribution in [2.45, 2.75) is 44.4 Å². The normalized spacial score (nSPS) is 25.4. The van der Waals surface area contributed by atoms with Crippen LogP contribution in [0.3, 0.4) is 0 Å². The molecule has 0 heterocycles. The third-order valence-electron chi connectivity index (χ3n) is 4.14. The van der Waals surface area contributed by atoms with Gasteiger partial charge in [-0.25, -0.2) is 0 Å². The van der Waals surface area contributed by atoms with Crippen LogP contribution in [0.4, 0.5) is 13.2 Å². The molecule has 112 valence electrons. The number of halogens is 4. The zero-order chi connectivity index (χ0) is 14.8. The number of hydrogen-bond donors (Lipinski definition) is 1. The number of alkyl halides is 3. The molecule has 1 aromatic carbocycles. The van der Waals surface area contributed by atoms with Crippen molar-refractivity contribution < 1.29 is 18.3 Å². The van der Waals surface area contributed by atoms with Crippen LogP contribution in [-0.4, -0.2) is 17.4 Å². The van der Waals surface area contributed by atoms with Crippen LogP contribution < -0.4 is 0 Å². The Hall–Kier alpha value is -0.300. The highest BCUT2D eigenvalue weighted by Gasteiger charge is 2.42. The third-order valence-corrected chi connectivity index (χ3v) is 4.86. The molecule has 1 atom stereocenters. The highest BCUT2D eigenvalue weighted by molar-refractivity contribution is 14.1. The number of aliphatic hydroxyl groups excluding tert-OH is 1. The summed E-state index contributed by atoms with van der Waals surface area (Å²) >= 11 is 2.21. The van der Waals surface area contributed by atoms with Gasteiger partial charge in [0.25, 0.3) is 0 Å². The molecule has 0 amide bonds. The number of benzene rings is 1. The van der Waals surface area contributed by atoms with Crippen LogP contribution in [0.1, 0.15) is 31.2 Å². The molecule has 1 saturated carbocycles. The lowest BCUT2D eigenvalue weighted by atomic mass is 9.78. The summed E-state index contributed by atoms with van der Waals surface area (Å²) in [5, 5.41) is 10.2. The first kappa shape index (κ1) is 16.1. The van der Waals surface area contributed by atoms with Crippen LogP contribution in [0.2, 0.25) is 0 Å². The smallest absolute Gasteiger partial charge is 0.391 e. The predicted octanol–water partition coefficient (Wildman–Crippen LogP) is 4.56. The minimum Gasteiger partial charge on any atom is -0.392 e. The molecule has 0 aliphatic heterocycles. The Kier molecular flexibility index (Phi) is 5.34. The van der Waals surface area contributed by atoms with E-state index in [0.717, 1.165) is 9.13 Å². The lowest BCUT2D eigenvalue weighted by molar-refractivity contribution is -0.185. The zero-order valence-corrected chi connectivity index (χ0v) is 13.2. The van der Waals surface area contributed by atoms with Gasteiger partial charge in [0, 0.05) is 3.57 Å². The summed E-state index contributed by atoms with van der Waals surface area (Å²) < 4.78 is 38.9. The number of aliphatic hydroxyl groups is 1. The van der Waals surface area contributed by atoms with Crippen LogP contribution in [0.5, 0.6) is 0 Å². The van der Waals surface area contributed by atoms with E-state index in [-0.39, 0.29) is 18.8 Å². The average Bonchev–Trinajstić information content (AvgIpc) is 2.40. The molecule has 1 aliphatic carbocycles. The molecule has 0 radical (unpaired) electrons. The summed E-state index contributed by atoms with van der Waals surface area (Å²) in [7, 11) is 0. The van der Waals surface area contributed by atoms with Gasteiger partial charge in [-0.1, -0.05) is 12.1 Å². The Labute approximate surface area is 130 Å². The van der Waals surface area contributed by atoms with Gasteiger partial charge in [0.05, 0.1) is 12.0 Å². The third kappa shape index (κ3) is 4.35. The largest absolute Gasteiger partial charge is 0.392 e. The fourth-order valence-corrected chi connectivity index (χ4v) is 3.22. The van der Waals surface area contributed by atoms with Crippen molar-refractivity contribution in [1.82, 2.24) is 0 Å². The van der Waals surface area contributed by atoms with Crippen molar-refractivity contribution in [2.24, 2.45) is 11.8 Å². The van der Waals surface area contributed by atoms with Gasteiger partial charge in [-0.15, -0.1) is 0 Å². The maximum absolute atomic E-state index is 12.6. The highest BCUT2D eigenvalue weighted by atomic mass is 127. The molecule has 1 fully saturated rings. The lowest BCUT2D eigenvalue weighted by Crippen LogP contribution is -2.32. The minimum absolute atomic E-state index is 0.00659. The first-order chi connectivity index (χ1) is 9.36. The van der Waals surface area contributed by atoms with Crippen molar-refractivity contribution in [2.75, 3.05) is 0 Å². The van der Waals surface area contributed by atoms with Crippen molar-refractivity contribution in [1.29, 1.82) is 0 Å². The van der Waals surface area contributed by atoms with Crippen LogP contribution in [-0.2, 0) is 6.42 Å². The van der Waals surface area contributed by atoms with Crippen molar-refractivity contribution in [3.8, 4) is 0 Å². The number of hydrogen-bond acceptors (Lipinski definition) is 1. The van der Waals surface area contributed by atoms with Gasteiger partial charge in [-0.3, -0.25) is 0 Å². The summed E-state index contributed by atoms with van der Waals surface area (Å²) in [6.45, 7) is 0. The standard InChI is InChI=1S/C15H18F3IO/c16-15(17,18)12-5-3-11(4-6-12)14(20)9-10-1-7-13(19)8-2-10/h1-2,7-8,11-12,14,20H,3-6,9H2. The summed E-state index contributed by atoms with van der Waals surface area (Å²) in [5.74, 6) is -1.18. The van der Waals surface area contributed by atoms with Crippen LogP contribution in [0, 0.1) is 15.4 Å². The van der Waals surface area contributed by atoms with Crippen LogP contribution >= 0.6 is 22.6 Å². The van der Waals surface area contributed by atoms with E-state index in [1.165, 1.54) is 0 Å². The number of rotatable bonds is 3. The second-order valence-electron chi connectivity index (χ2n) is 5.55. The zero-order valence-electron chi connectivity index (χ0n) is 11.0. The van der Waals surface area contributed by atoms with E-state index in [4.69, 9.17) is 0 Å². The molecule has 0 aromatic heterocycles. The highest BCUT2D eigenvalue weighted by Crippen LogP contribution is 2.40. The Morgan fingerprint density at radius 3 is 2.15 bits per heavy atom. The van der Waals surface area contributed by atoms with E-state index in [1.807, 2.05) is 24.3 Å². The van der Waals surface area contributed by atoms with Gasteiger partial charge in [0.1, 0.15) is 0 Å². The molecule has 1 aromatic rings. The van der Waals surface area contributed by atoms with Gasteiger partial charge in [-0.05, 0) is 78.3 Å². The van der Waals surface area contributed by atoms with E-state index >= 15 is 0 Å².